The van der Waals surface area contributed by atoms with Crippen LogP contribution in [0.2, 0.25) is 0 Å². The number of hydrogen-bond donors (Lipinski definition) is 2. The van der Waals surface area contributed by atoms with Crippen LogP contribution in [-0.2, 0) is 17.8 Å². The van der Waals surface area contributed by atoms with Gasteiger partial charge in [0.25, 0.3) is 5.56 Å². The third-order valence-electron chi connectivity index (χ3n) is 5.55. The van der Waals surface area contributed by atoms with Crippen LogP contribution >= 0.6 is 11.3 Å². The summed E-state index contributed by atoms with van der Waals surface area (Å²) in [6.07, 6.45) is 3.14. The molecule has 30 heavy (non-hydrogen) atoms. The Bertz CT molecular complexity index is 1140. The second-order valence-electron chi connectivity index (χ2n) is 8.12. The van der Waals surface area contributed by atoms with E-state index >= 15 is 0 Å². The first-order valence-electron chi connectivity index (χ1n) is 10.4. The van der Waals surface area contributed by atoms with E-state index in [1.165, 1.54) is 24.2 Å². The van der Waals surface area contributed by atoms with Gasteiger partial charge < -0.3 is 15.0 Å². The third kappa shape index (κ3) is 4.73. The van der Waals surface area contributed by atoms with Gasteiger partial charge in [0.15, 0.2) is 0 Å². The van der Waals surface area contributed by atoms with Crippen molar-refractivity contribution in [2.45, 2.75) is 53.0 Å². The largest absolute Gasteiger partial charge is 0.493 e. The molecule has 3 aromatic rings. The van der Waals surface area contributed by atoms with Crippen LogP contribution in [0.15, 0.2) is 23.0 Å². The monoisotopic (exact) mass is 425 g/mol. The smallest absolute Gasteiger partial charge is 0.259 e. The van der Waals surface area contributed by atoms with Gasteiger partial charge in [0, 0.05) is 29.8 Å². The molecule has 1 fully saturated rings. The van der Waals surface area contributed by atoms with Crippen LogP contribution in [0.5, 0.6) is 5.75 Å². The quantitative estimate of drug-likeness (QED) is 0.572. The van der Waals surface area contributed by atoms with Crippen molar-refractivity contribution in [2.24, 2.45) is 5.92 Å². The van der Waals surface area contributed by atoms with Crippen LogP contribution < -0.4 is 15.6 Å². The number of aryl methyl sites for hydroxylation is 4. The fraction of sp³-hybridized carbons (Fsp3) is 0.435. The highest BCUT2D eigenvalue weighted by molar-refractivity contribution is 7.18. The second-order valence-corrected chi connectivity index (χ2v) is 9.32. The summed E-state index contributed by atoms with van der Waals surface area (Å²) in [5.74, 6) is 2.00. The van der Waals surface area contributed by atoms with Crippen LogP contribution in [0.3, 0.4) is 0 Å². The van der Waals surface area contributed by atoms with Crippen molar-refractivity contribution in [2.75, 3.05) is 6.61 Å². The maximum Gasteiger partial charge on any atom is 0.259 e. The molecule has 0 radical (unpaired) electrons. The minimum atomic E-state index is -0.130. The van der Waals surface area contributed by atoms with Gasteiger partial charge in [0.05, 0.1) is 12.0 Å². The van der Waals surface area contributed by atoms with Crippen molar-refractivity contribution < 1.29 is 9.53 Å². The number of aromatic amines is 1. The number of rotatable bonds is 8. The molecule has 0 saturated heterocycles. The highest BCUT2D eigenvalue weighted by atomic mass is 32.1. The predicted octanol–water partition coefficient (Wildman–Crippen LogP) is 3.95. The lowest BCUT2D eigenvalue weighted by Gasteiger charge is -2.13. The van der Waals surface area contributed by atoms with Gasteiger partial charge in [-0.25, -0.2) is 4.98 Å². The topological polar surface area (TPSA) is 84.1 Å². The Labute approximate surface area is 179 Å². The Morgan fingerprint density at radius 2 is 2.10 bits per heavy atom. The Morgan fingerprint density at radius 1 is 1.30 bits per heavy atom. The van der Waals surface area contributed by atoms with Gasteiger partial charge in [-0.2, -0.15) is 0 Å². The molecule has 2 N–H and O–H groups in total. The maximum atomic E-state index is 12.4. The molecule has 2 aromatic heterocycles. The number of amides is 1. The standard InChI is InChI=1S/C23H27N3O3S/c1-13-4-7-17(18(10-13)29-12-16-5-6-16)11-24-20(27)9-8-19-25-22(28)21-14(2)15(3)30-23(21)26-19/h4,7,10,16H,5-6,8-9,11-12H2,1-3H3,(H,24,27)(H,25,26,28). The van der Waals surface area contributed by atoms with E-state index in [0.29, 0.717) is 30.1 Å². The second kappa shape index (κ2) is 8.60. The van der Waals surface area contributed by atoms with Crippen LogP contribution in [0.25, 0.3) is 10.2 Å². The van der Waals surface area contributed by atoms with E-state index in [0.717, 1.165) is 38.8 Å². The summed E-state index contributed by atoms with van der Waals surface area (Å²) in [5, 5.41) is 3.62. The van der Waals surface area contributed by atoms with Gasteiger partial charge >= 0.3 is 0 Å². The molecule has 0 atom stereocenters. The summed E-state index contributed by atoms with van der Waals surface area (Å²) < 4.78 is 5.97. The van der Waals surface area contributed by atoms with Crippen molar-refractivity contribution in [1.29, 1.82) is 0 Å². The van der Waals surface area contributed by atoms with E-state index in [1.54, 1.807) is 0 Å². The van der Waals surface area contributed by atoms with Crippen molar-refractivity contribution in [3.63, 3.8) is 0 Å². The fourth-order valence-corrected chi connectivity index (χ4v) is 4.41. The Balaban J connectivity index is 1.35. The number of carbonyl (C=O) groups excluding carboxylic acids is 1. The molecule has 1 aliphatic carbocycles. The van der Waals surface area contributed by atoms with E-state index in [9.17, 15) is 9.59 Å². The molecule has 0 aliphatic heterocycles. The Morgan fingerprint density at radius 3 is 2.87 bits per heavy atom. The summed E-state index contributed by atoms with van der Waals surface area (Å²) in [6.45, 7) is 7.13. The lowest BCUT2D eigenvalue weighted by molar-refractivity contribution is -0.121. The molecule has 1 amide bonds. The molecular weight excluding hydrogens is 398 g/mol. The molecule has 4 rings (SSSR count). The number of ether oxygens (including phenoxy) is 1. The summed E-state index contributed by atoms with van der Waals surface area (Å²) in [5.41, 5.74) is 2.97. The van der Waals surface area contributed by atoms with Crippen molar-refractivity contribution in [3.05, 3.63) is 55.9 Å². The highest BCUT2D eigenvalue weighted by Crippen LogP contribution is 2.30. The summed E-state index contributed by atoms with van der Waals surface area (Å²) in [6, 6.07) is 6.06. The van der Waals surface area contributed by atoms with Crippen molar-refractivity contribution in [3.8, 4) is 5.75 Å². The summed E-state index contributed by atoms with van der Waals surface area (Å²) >= 11 is 1.52. The van der Waals surface area contributed by atoms with Crippen LogP contribution in [0.4, 0.5) is 0 Å². The highest BCUT2D eigenvalue weighted by Gasteiger charge is 2.22. The van der Waals surface area contributed by atoms with Gasteiger partial charge in [0.1, 0.15) is 16.4 Å². The van der Waals surface area contributed by atoms with Gasteiger partial charge in [-0.05, 0) is 56.7 Å². The number of H-pyrrole nitrogens is 1. The van der Waals surface area contributed by atoms with E-state index in [-0.39, 0.29) is 17.9 Å². The molecule has 0 bridgehead atoms. The van der Waals surface area contributed by atoms with Gasteiger partial charge in [-0.1, -0.05) is 12.1 Å². The zero-order valence-electron chi connectivity index (χ0n) is 17.6. The molecule has 1 aliphatic rings. The third-order valence-corrected chi connectivity index (χ3v) is 6.65. The van der Waals surface area contributed by atoms with E-state index in [2.05, 4.69) is 15.3 Å². The number of carbonyl (C=O) groups is 1. The molecule has 0 spiro atoms. The predicted molar refractivity (Wildman–Crippen MR) is 119 cm³/mol. The fourth-order valence-electron chi connectivity index (χ4n) is 3.37. The average molecular weight is 426 g/mol. The molecule has 0 unspecified atom stereocenters. The first-order chi connectivity index (χ1) is 14.4. The summed E-state index contributed by atoms with van der Waals surface area (Å²) in [7, 11) is 0. The minimum Gasteiger partial charge on any atom is -0.493 e. The van der Waals surface area contributed by atoms with E-state index < -0.39 is 0 Å². The lowest BCUT2D eigenvalue weighted by Crippen LogP contribution is -2.24. The Hall–Kier alpha value is -2.67. The number of hydrogen-bond acceptors (Lipinski definition) is 5. The van der Waals surface area contributed by atoms with Gasteiger partial charge in [0.2, 0.25) is 5.91 Å². The molecule has 158 valence electrons. The number of fused-ring (bicyclic) bond motifs is 1. The van der Waals surface area contributed by atoms with Crippen LogP contribution in [-0.4, -0.2) is 22.5 Å². The molecule has 2 heterocycles. The van der Waals surface area contributed by atoms with E-state index in [1.807, 2.05) is 39.0 Å². The summed E-state index contributed by atoms with van der Waals surface area (Å²) in [4.78, 5) is 33.9. The van der Waals surface area contributed by atoms with Crippen LogP contribution in [0.1, 0.15) is 46.7 Å². The zero-order chi connectivity index (χ0) is 21.3. The number of nitrogens with one attached hydrogen (secondary N) is 2. The number of benzene rings is 1. The van der Waals surface area contributed by atoms with Gasteiger partial charge in [-0.3, -0.25) is 9.59 Å². The molecule has 7 heteroatoms. The molecule has 6 nitrogen and oxygen atoms in total. The first-order valence-corrected chi connectivity index (χ1v) is 11.2. The SMILES string of the molecule is Cc1ccc(CNC(=O)CCc2nc3sc(C)c(C)c3c(=O)[nH]2)c(OCC2CC2)c1. The van der Waals surface area contributed by atoms with Gasteiger partial charge in [-0.15, -0.1) is 11.3 Å². The number of nitrogens with zero attached hydrogens (tertiary/aromatic N) is 1. The van der Waals surface area contributed by atoms with Crippen molar-refractivity contribution >= 4 is 27.5 Å². The first kappa shape index (κ1) is 20.6. The van der Waals surface area contributed by atoms with Crippen molar-refractivity contribution in [1.82, 2.24) is 15.3 Å². The maximum absolute atomic E-state index is 12.4. The molecule has 1 saturated carbocycles. The number of thiophene rings is 1. The number of aromatic nitrogens is 2. The Kier molecular flexibility index (Phi) is 5.90. The minimum absolute atomic E-state index is 0.0787. The normalized spacial score (nSPS) is 13.6. The zero-order valence-corrected chi connectivity index (χ0v) is 18.4. The van der Waals surface area contributed by atoms with E-state index in [4.69, 9.17) is 4.74 Å². The average Bonchev–Trinajstić information content (AvgIpc) is 3.49. The lowest BCUT2D eigenvalue weighted by atomic mass is 10.1. The van der Waals surface area contributed by atoms with Crippen LogP contribution in [0, 0.1) is 26.7 Å². The molecular formula is C23H27N3O3S. The molecule has 1 aromatic carbocycles.